The fourth-order valence-corrected chi connectivity index (χ4v) is 4.34. The molecule has 0 saturated heterocycles. The normalized spacial score (nSPS) is 10.9. The van der Waals surface area contributed by atoms with E-state index >= 15 is 0 Å². The summed E-state index contributed by atoms with van der Waals surface area (Å²) in [4.78, 5) is 40.9. The standard InChI is InChI=1S/C24H23N3O5S/c1-15-10-16(2)23(17(3)11-15)26(18(4)28)24-25-20(14-33-24)13-32-22(29)9-8-19-6-5-7-21(12-19)27(30)31/h5-12,14H,13H2,1-4H3/b9-8+. The van der Waals surface area contributed by atoms with Gasteiger partial charge in [-0.15, -0.1) is 11.3 Å². The number of hydrogen-bond acceptors (Lipinski definition) is 7. The predicted molar refractivity (Wildman–Crippen MR) is 128 cm³/mol. The number of anilines is 2. The summed E-state index contributed by atoms with van der Waals surface area (Å²) < 4.78 is 5.23. The van der Waals surface area contributed by atoms with E-state index < -0.39 is 10.9 Å². The van der Waals surface area contributed by atoms with Gasteiger partial charge in [0.05, 0.1) is 16.3 Å². The number of nitrogens with zero attached hydrogens (tertiary/aromatic N) is 3. The van der Waals surface area contributed by atoms with Gasteiger partial charge in [-0.25, -0.2) is 9.78 Å². The first kappa shape index (κ1) is 23.8. The Morgan fingerprint density at radius 2 is 1.88 bits per heavy atom. The highest BCUT2D eigenvalue weighted by molar-refractivity contribution is 7.14. The quantitative estimate of drug-likeness (QED) is 0.200. The second kappa shape index (κ2) is 10.2. The molecule has 0 N–H and O–H groups in total. The molecule has 33 heavy (non-hydrogen) atoms. The molecule has 0 bridgehead atoms. The molecular weight excluding hydrogens is 442 g/mol. The summed E-state index contributed by atoms with van der Waals surface area (Å²) in [6, 6.07) is 9.96. The molecular formula is C24H23N3O5S. The van der Waals surface area contributed by atoms with Crippen LogP contribution in [0.25, 0.3) is 6.08 Å². The van der Waals surface area contributed by atoms with Crippen molar-refractivity contribution in [3.63, 3.8) is 0 Å². The van der Waals surface area contributed by atoms with E-state index in [2.05, 4.69) is 4.98 Å². The maximum absolute atomic E-state index is 12.5. The number of rotatable bonds is 7. The van der Waals surface area contributed by atoms with Crippen LogP contribution < -0.4 is 4.90 Å². The molecule has 9 heteroatoms. The zero-order valence-corrected chi connectivity index (χ0v) is 19.5. The first-order valence-electron chi connectivity index (χ1n) is 10.1. The summed E-state index contributed by atoms with van der Waals surface area (Å²) >= 11 is 1.29. The second-order valence-corrected chi connectivity index (χ2v) is 8.35. The molecule has 2 aromatic carbocycles. The highest BCUT2D eigenvalue weighted by Gasteiger charge is 2.22. The van der Waals surface area contributed by atoms with Gasteiger partial charge in [0, 0.05) is 30.5 Å². The van der Waals surface area contributed by atoms with Gasteiger partial charge < -0.3 is 4.74 Å². The van der Waals surface area contributed by atoms with E-state index in [0.717, 1.165) is 22.4 Å². The van der Waals surface area contributed by atoms with E-state index in [9.17, 15) is 19.7 Å². The number of amides is 1. The molecule has 170 valence electrons. The van der Waals surface area contributed by atoms with Crippen LogP contribution in [0.3, 0.4) is 0 Å². The maximum Gasteiger partial charge on any atom is 0.331 e. The van der Waals surface area contributed by atoms with Crippen LogP contribution in [0.4, 0.5) is 16.5 Å². The van der Waals surface area contributed by atoms with Gasteiger partial charge in [0.1, 0.15) is 6.61 Å². The SMILES string of the molecule is CC(=O)N(c1nc(COC(=O)/C=C/c2cccc([N+](=O)[O-])c2)cs1)c1c(C)cc(C)cc1C. The number of carbonyl (C=O) groups is 2. The Balaban J connectivity index is 1.70. The number of ether oxygens (including phenoxy) is 1. The minimum absolute atomic E-state index is 0.0606. The number of non-ortho nitro benzene ring substituents is 1. The third-order valence-electron chi connectivity index (χ3n) is 4.76. The summed E-state index contributed by atoms with van der Waals surface area (Å²) in [7, 11) is 0. The molecule has 0 radical (unpaired) electrons. The summed E-state index contributed by atoms with van der Waals surface area (Å²) in [5, 5.41) is 13.1. The van der Waals surface area contributed by atoms with E-state index in [1.54, 1.807) is 16.3 Å². The van der Waals surface area contributed by atoms with Crippen LogP contribution >= 0.6 is 11.3 Å². The van der Waals surface area contributed by atoms with Crippen molar-refractivity contribution in [3.8, 4) is 0 Å². The van der Waals surface area contributed by atoms with Crippen molar-refractivity contribution in [1.82, 2.24) is 4.98 Å². The topological polar surface area (TPSA) is 103 Å². The first-order valence-corrected chi connectivity index (χ1v) is 11.0. The molecule has 1 heterocycles. The number of thiazole rings is 1. The van der Waals surface area contributed by atoms with Crippen LogP contribution in [-0.4, -0.2) is 21.8 Å². The van der Waals surface area contributed by atoms with Crippen molar-refractivity contribution >= 4 is 45.8 Å². The summed E-state index contributed by atoms with van der Waals surface area (Å²) in [5.74, 6) is -0.771. The zero-order chi connectivity index (χ0) is 24.1. The lowest BCUT2D eigenvalue weighted by Crippen LogP contribution is -2.24. The number of carbonyl (C=O) groups excluding carboxylic acids is 2. The first-order chi connectivity index (χ1) is 15.7. The monoisotopic (exact) mass is 465 g/mol. The summed E-state index contributed by atoms with van der Waals surface area (Å²) in [5.41, 5.74) is 4.82. The lowest BCUT2D eigenvalue weighted by Gasteiger charge is -2.23. The highest BCUT2D eigenvalue weighted by Crippen LogP contribution is 2.34. The lowest BCUT2D eigenvalue weighted by molar-refractivity contribution is -0.384. The fraction of sp³-hybridized carbons (Fsp3) is 0.208. The minimum atomic E-state index is -0.607. The second-order valence-electron chi connectivity index (χ2n) is 7.52. The van der Waals surface area contributed by atoms with E-state index in [1.165, 1.54) is 48.6 Å². The average Bonchev–Trinajstić information content (AvgIpc) is 3.21. The minimum Gasteiger partial charge on any atom is -0.456 e. The Bertz CT molecular complexity index is 1230. The predicted octanol–water partition coefficient (Wildman–Crippen LogP) is 5.42. The molecule has 0 spiro atoms. The van der Waals surface area contributed by atoms with Gasteiger partial charge in [-0.2, -0.15) is 0 Å². The molecule has 0 saturated carbocycles. The van der Waals surface area contributed by atoms with Crippen LogP contribution in [0.5, 0.6) is 0 Å². The van der Waals surface area contributed by atoms with Crippen molar-refractivity contribution in [2.45, 2.75) is 34.3 Å². The van der Waals surface area contributed by atoms with Gasteiger partial charge in [0.25, 0.3) is 5.69 Å². The van der Waals surface area contributed by atoms with E-state index in [1.807, 2.05) is 32.9 Å². The number of nitro benzene ring substituents is 1. The van der Waals surface area contributed by atoms with Gasteiger partial charge in [0.2, 0.25) is 5.91 Å². The Morgan fingerprint density at radius 1 is 1.18 bits per heavy atom. The third kappa shape index (κ3) is 5.89. The number of benzene rings is 2. The molecule has 8 nitrogen and oxygen atoms in total. The third-order valence-corrected chi connectivity index (χ3v) is 5.63. The fourth-order valence-electron chi connectivity index (χ4n) is 3.48. The van der Waals surface area contributed by atoms with Crippen molar-refractivity contribution in [3.05, 3.63) is 85.9 Å². The van der Waals surface area contributed by atoms with Crippen LogP contribution in [-0.2, 0) is 20.9 Å². The number of hydrogen-bond donors (Lipinski definition) is 0. The van der Waals surface area contributed by atoms with Crippen LogP contribution in [0, 0.1) is 30.9 Å². The summed E-state index contributed by atoms with van der Waals surface area (Å²) in [6.45, 7) is 7.33. The number of nitro groups is 1. The highest BCUT2D eigenvalue weighted by atomic mass is 32.1. The van der Waals surface area contributed by atoms with Gasteiger partial charge in [-0.05, 0) is 43.5 Å². The number of esters is 1. The smallest absolute Gasteiger partial charge is 0.331 e. The molecule has 0 aliphatic carbocycles. The zero-order valence-electron chi connectivity index (χ0n) is 18.7. The Hall–Kier alpha value is -3.85. The van der Waals surface area contributed by atoms with Gasteiger partial charge in [-0.1, -0.05) is 29.8 Å². The van der Waals surface area contributed by atoms with Crippen LogP contribution in [0.2, 0.25) is 0 Å². The molecule has 0 aliphatic rings. The Morgan fingerprint density at radius 3 is 2.52 bits per heavy atom. The van der Waals surface area contributed by atoms with E-state index in [0.29, 0.717) is 16.4 Å². The van der Waals surface area contributed by atoms with Crippen LogP contribution in [0.1, 0.15) is 34.9 Å². The summed E-state index contributed by atoms with van der Waals surface area (Å²) in [6.07, 6.45) is 2.65. The van der Waals surface area contributed by atoms with Gasteiger partial charge in [-0.3, -0.25) is 19.8 Å². The molecule has 0 aliphatic heterocycles. The van der Waals surface area contributed by atoms with Crippen molar-refractivity contribution in [2.24, 2.45) is 0 Å². The maximum atomic E-state index is 12.5. The molecule has 3 rings (SSSR count). The number of aromatic nitrogens is 1. The average molecular weight is 466 g/mol. The molecule has 0 fully saturated rings. The van der Waals surface area contributed by atoms with Gasteiger partial charge >= 0.3 is 5.97 Å². The van der Waals surface area contributed by atoms with Gasteiger partial charge in [0.15, 0.2) is 5.13 Å². The number of aryl methyl sites for hydroxylation is 3. The van der Waals surface area contributed by atoms with Crippen molar-refractivity contribution in [1.29, 1.82) is 0 Å². The molecule has 1 amide bonds. The van der Waals surface area contributed by atoms with Crippen molar-refractivity contribution in [2.75, 3.05) is 4.90 Å². The van der Waals surface area contributed by atoms with Crippen molar-refractivity contribution < 1.29 is 19.2 Å². The molecule has 1 aromatic heterocycles. The Kier molecular flexibility index (Phi) is 7.34. The van der Waals surface area contributed by atoms with E-state index in [-0.39, 0.29) is 18.2 Å². The van der Waals surface area contributed by atoms with Crippen LogP contribution in [0.15, 0.2) is 47.9 Å². The Labute approximate surface area is 195 Å². The molecule has 0 unspecified atom stereocenters. The molecule has 3 aromatic rings. The van der Waals surface area contributed by atoms with E-state index in [4.69, 9.17) is 4.74 Å². The lowest BCUT2D eigenvalue weighted by atomic mass is 10.0. The molecule has 0 atom stereocenters. The largest absolute Gasteiger partial charge is 0.456 e.